The fraction of sp³-hybridized carbons (Fsp3) is 0.0784. The zero-order chi connectivity index (χ0) is 67.6. The molecule has 102 heavy (non-hydrogen) atoms. The Balaban J connectivity index is 0.817. The van der Waals surface area contributed by atoms with Crippen molar-refractivity contribution in [1.82, 2.24) is 0 Å². The van der Waals surface area contributed by atoms with E-state index < -0.39 is 0 Å². The van der Waals surface area contributed by atoms with Gasteiger partial charge in [0.25, 0.3) is 0 Å². The first-order valence-corrected chi connectivity index (χ1v) is 36.8. The van der Waals surface area contributed by atoms with E-state index in [1.807, 2.05) is 0 Å². The zero-order valence-corrected chi connectivity index (χ0v) is 57.7. The van der Waals surface area contributed by atoms with E-state index >= 15 is 0 Å². The van der Waals surface area contributed by atoms with Crippen LogP contribution >= 0.6 is 0 Å². The molecule has 0 radical (unpaired) electrons. The lowest BCUT2D eigenvalue weighted by molar-refractivity contribution is 1.04. The molecule has 19 aromatic rings. The fourth-order valence-electron chi connectivity index (χ4n) is 19.9. The maximum absolute atomic E-state index is 2.49. The molecule has 0 nitrogen and oxygen atoms in total. The van der Waals surface area contributed by atoms with Crippen LogP contribution in [0.4, 0.5) is 0 Å². The molecule has 0 amide bonds. The van der Waals surface area contributed by atoms with Gasteiger partial charge in [-0.15, -0.1) is 0 Å². The van der Waals surface area contributed by atoms with Crippen molar-refractivity contribution in [2.45, 2.75) is 53.4 Å². The highest BCUT2D eigenvalue weighted by molar-refractivity contribution is 6.47. The lowest BCUT2D eigenvalue weighted by Crippen LogP contribution is -2.03. The summed E-state index contributed by atoms with van der Waals surface area (Å²) in [4.78, 5) is 0. The van der Waals surface area contributed by atoms with Gasteiger partial charge >= 0.3 is 0 Å². The van der Waals surface area contributed by atoms with Crippen LogP contribution in [0.15, 0.2) is 303 Å². The van der Waals surface area contributed by atoms with Crippen LogP contribution < -0.4 is 0 Å². The third kappa shape index (κ3) is 7.98. The normalized spacial score (nSPS) is 12.3. The average molecular weight is 1300 g/mol. The van der Waals surface area contributed by atoms with Gasteiger partial charge in [-0.25, -0.2) is 0 Å². The van der Waals surface area contributed by atoms with Gasteiger partial charge in [-0.05, 0) is 268 Å². The molecule has 19 aromatic carbocycles. The second-order valence-corrected chi connectivity index (χ2v) is 28.3. The summed E-state index contributed by atoms with van der Waals surface area (Å²) in [5.74, 6) is 0. The molecular formula is C102H70. The van der Waals surface area contributed by atoms with Crippen LogP contribution in [0.25, 0.3) is 220 Å². The van der Waals surface area contributed by atoms with Crippen LogP contribution in [-0.4, -0.2) is 0 Å². The minimum absolute atomic E-state index is 0.947. The first-order chi connectivity index (χ1) is 50.6. The second-order valence-electron chi connectivity index (χ2n) is 28.3. The van der Waals surface area contributed by atoms with Gasteiger partial charge in [0.15, 0.2) is 0 Å². The van der Waals surface area contributed by atoms with Crippen molar-refractivity contribution in [2.75, 3.05) is 0 Å². The van der Waals surface area contributed by atoms with Crippen LogP contribution in [0.2, 0.25) is 0 Å². The predicted molar refractivity (Wildman–Crippen MR) is 439 cm³/mol. The molecule has 0 aliphatic heterocycles. The third-order valence-corrected chi connectivity index (χ3v) is 23.6. The summed E-state index contributed by atoms with van der Waals surface area (Å²) < 4.78 is 0. The molecule has 21 rings (SSSR count). The largest absolute Gasteiger partial charge is 0.0622 e. The average Bonchev–Trinajstić information content (AvgIpc) is 1.52. The minimum Gasteiger partial charge on any atom is -0.0622 e. The number of hydrogen-bond donors (Lipinski definition) is 0. The summed E-state index contributed by atoms with van der Waals surface area (Å²) >= 11 is 0. The molecule has 0 bridgehead atoms. The Morgan fingerprint density at radius 1 is 0.137 bits per heavy atom. The van der Waals surface area contributed by atoms with Gasteiger partial charge < -0.3 is 0 Å². The molecule has 2 aliphatic rings. The molecule has 0 saturated heterocycles. The standard InChI is InChI=1S/C102H70/c1-5-65-67(7-3)87(61-35-19-11-20-36-61)97-81-55-51-69(73-43-27-47-77(91(73)81)95(97)85(65)59-31-15-9-16-32-59)71-53-57-83-93-75(71)45-29-49-79(93)99-89(63-39-23-13-24-40-63)100-80-50-30-46-76-72(54-58-84(94(76)80)102(100)90(101(83)99)64-41-25-14-26-42-64)70-52-56-82-92-74(70)44-28-48-78(92)96-86(60-33-17-10-18-34-60)66(6-2)68(8-4)88(98(82)96)62-37-21-12-22-38-62/h9-58H,5-8H2,1-4H3. The van der Waals surface area contributed by atoms with E-state index in [1.165, 1.54) is 242 Å². The van der Waals surface area contributed by atoms with E-state index in [0.717, 1.165) is 25.7 Å². The van der Waals surface area contributed by atoms with Crippen LogP contribution in [0.5, 0.6) is 0 Å². The number of fused-ring (bicyclic) bond motifs is 12. The lowest BCUT2D eigenvalue weighted by atomic mass is 9.79. The molecule has 0 atom stereocenters. The Hall–Kier alpha value is -12.2. The van der Waals surface area contributed by atoms with Crippen molar-refractivity contribution in [3.05, 3.63) is 326 Å². The summed E-state index contributed by atoms with van der Waals surface area (Å²) in [5.41, 5.74) is 37.3. The Bertz CT molecular complexity index is 6070. The summed E-state index contributed by atoms with van der Waals surface area (Å²) in [6.45, 7) is 9.41. The maximum Gasteiger partial charge on any atom is -0.000718 e. The molecule has 0 unspecified atom stereocenters. The van der Waals surface area contributed by atoms with Gasteiger partial charge in [-0.3, -0.25) is 0 Å². The molecule has 0 heteroatoms. The van der Waals surface area contributed by atoms with E-state index in [9.17, 15) is 0 Å². The van der Waals surface area contributed by atoms with Crippen molar-refractivity contribution in [3.8, 4) is 134 Å². The summed E-state index contributed by atoms with van der Waals surface area (Å²) in [6.07, 6.45) is 3.79. The van der Waals surface area contributed by atoms with Crippen LogP contribution in [0.1, 0.15) is 49.9 Å². The number of benzene rings is 17. The van der Waals surface area contributed by atoms with Crippen molar-refractivity contribution < 1.29 is 0 Å². The van der Waals surface area contributed by atoms with Crippen molar-refractivity contribution in [1.29, 1.82) is 0 Å². The van der Waals surface area contributed by atoms with Crippen LogP contribution in [0.3, 0.4) is 0 Å². The summed E-state index contributed by atoms with van der Waals surface area (Å²) in [6, 6.07) is 116. The van der Waals surface area contributed by atoms with Crippen molar-refractivity contribution >= 4 is 86.2 Å². The summed E-state index contributed by atoms with van der Waals surface area (Å²) in [7, 11) is 0. The molecule has 0 aromatic heterocycles. The first kappa shape index (κ1) is 58.7. The Morgan fingerprint density at radius 2 is 0.343 bits per heavy atom. The smallest absolute Gasteiger partial charge is 0.000718 e. The molecule has 478 valence electrons. The SMILES string of the molecule is CCc1c(CC)c(-c2ccccc2)c2c(c1-c1ccccc1)-c1cccc3c(-c4ccc5c6c(-c7ccccc7)c7c8ccc(-c9ccc%10c%11c(cccc9%11)-c9c(-c%11ccccc%11)c(CC)c(CC)c(-c%11ccccc%11)c9-%10)c9cccc(c7c(-c7ccccc7)c6c6cccc4c65)c98)ccc-2c13. The quantitative estimate of drug-likeness (QED) is 0.114. The molecule has 0 heterocycles. The Kier molecular flexibility index (Phi) is 13.0. The van der Waals surface area contributed by atoms with Crippen LogP contribution in [0, 0.1) is 0 Å². The number of hydrogen-bond acceptors (Lipinski definition) is 0. The van der Waals surface area contributed by atoms with Gasteiger partial charge in [0, 0.05) is 0 Å². The van der Waals surface area contributed by atoms with Crippen molar-refractivity contribution in [2.24, 2.45) is 0 Å². The highest BCUT2D eigenvalue weighted by atomic mass is 14.4. The highest BCUT2D eigenvalue weighted by Gasteiger charge is 2.36. The lowest BCUT2D eigenvalue weighted by Gasteiger charge is -2.24. The van der Waals surface area contributed by atoms with Crippen molar-refractivity contribution in [3.63, 3.8) is 0 Å². The van der Waals surface area contributed by atoms with E-state index in [2.05, 4.69) is 331 Å². The first-order valence-electron chi connectivity index (χ1n) is 36.8. The fourth-order valence-corrected chi connectivity index (χ4v) is 19.9. The maximum atomic E-state index is 2.49. The van der Waals surface area contributed by atoms with Gasteiger partial charge in [0.1, 0.15) is 0 Å². The molecule has 0 fully saturated rings. The van der Waals surface area contributed by atoms with E-state index in [0.29, 0.717) is 0 Å². The number of rotatable bonds is 12. The Morgan fingerprint density at radius 3 is 0.618 bits per heavy atom. The summed E-state index contributed by atoms with van der Waals surface area (Å²) in [5, 5.41) is 20.9. The topological polar surface area (TPSA) is 0 Å². The predicted octanol–water partition coefficient (Wildman–Crippen LogP) is 28.7. The van der Waals surface area contributed by atoms with Gasteiger partial charge in [0.05, 0.1) is 0 Å². The van der Waals surface area contributed by atoms with Gasteiger partial charge in [0.2, 0.25) is 0 Å². The molecule has 0 spiro atoms. The monoisotopic (exact) mass is 1290 g/mol. The van der Waals surface area contributed by atoms with Gasteiger partial charge in [-0.2, -0.15) is 0 Å². The molecule has 0 saturated carbocycles. The van der Waals surface area contributed by atoms with E-state index in [4.69, 9.17) is 0 Å². The van der Waals surface area contributed by atoms with Crippen LogP contribution in [-0.2, 0) is 25.7 Å². The highest BCUT2D eigenvalue weighted by Crippen LogP contribution is 2.63. The third-order valence-electron chi connectivity index (χ3n) is 23.6. The van der Waals surface area contributed by atoms with E-state index in [-0.39, 0.29) is 0 Å². The minimum atomic E-state index is 0.947. The molecular weight excluding hydrogens is 1230 g/mol. The van der Waals surface area contributed by atoms with E-state index in [1.54, 1.807) is 0 Å². The molecule has 2 aliphatic carbocycles. The zero-order valence-electron chi connectivity index (χ0n) is 57.7. The Labute approximate surface area is 594 Å². The second kappa shape index (κ2) is 22.7. The molecule has 0 N–H and O–H groups in total. The van der Waals surface area contributed by atoms with Gasteiger partial charge in [-0.1, -0.05) is 331 Å².